The molecule has 3 nitrogen and oxygen atoms in total. The molecule has 1 saturated carbocycles. The van der Waals surface area contributed by atoms with Crippen LogP contribution in [-0.2, 0) is 0 Å². The number of rotatable bonds is 4. The highest BCUT2D eigenvalue weighted by atomic mass is 16.3. The minimum absolute atomic E-state index is 0.177. The normalized spacial score (nSPS) is 26.8. The summed E-state index contributed by atoms with van der Waals surface area (Å²) in [6.07, 6.45) is 5.07. The highest BCUT2D eigenvalue weighted by molar-refractivity contribution is 4.92. The lowest BCUT2D eigenvalue weighted by Gasteiger charge is -2.36. The van der Waals surface area contributed by atoms with Gasteiger partial charge in [-0.05, 0) is 46.7 Å². The summed E-state index contributed by atoms with van der Waals surface area (Å²) >= 11 is 0. The Morgan fingerprint density at radius 1 is 1.38 bits per heavy atom. The van der Waals surface area contributed by atoms with Gasteiger partial charge in [0.1, 0.15) is 0 Å². The molecule has 0 aromatic carbocycles. The van der Waals surface area contributed by atoms with E-state index in [2.05, 4.69) is 18.0 Å². The van der Waals surface area contributed by atoms with E-state index in [0.717, 1.165) is 32.2 Å². The van der Waals surface area contributed by atoms with Crippen molar-refractivity contribution < 1.29 is 5.11 Å². The fourth-order valence-corrected chi connectivity index (χ4v) is 2.28. The Kier molecular flexibility index (Phi) is 4.76. The SMILES string of the molecule is CN(CCC(C)(C)C#N)C1CCCCC1O. The minimum Gasteiger partial charge on any atom is -0.391 e. The fraction of sp³-hybridized carbons (Fsp3) is 0.923. The molecule has 1 N–H and O–H groups in total. The topological polar surface area (TPSA) is 47.3 Å². The van der Waals surface area contributed by atoms with Gasteiger partial charge in [0.2, 0.25) is 0 Å². The summed E-state index contributed by atoms with van der Waals surface area (Å²) in [6, 6.07) is 2.62. The highest BCUT2D eigenvalue weighted by Gasteiger charge is 2.27. The monoisotopic (exact) mass is 224 g/mol. The molecule has 0 aromatic heterocycles. The Morgan fingerprint density at radius 3 is 2.56 bits per heavy atom. The molecule has 0 aliphatic heterocycles. The fourth-order valence-electron chi connectivity index (χ4n) is 2.28. The third-order valence-electron chi connectivity index (χ3n) is 3.65. The van der Waals surface area contributed by atoms with Crippen molar-refractivity contribution in [1.29, 1.82) is 5.26 Å². The third-order valence-corrected chi connectivity index (χ3v) is 3.65. The molecule has 92 valence electrons. The number of aliphatic hydroxyl groups is 1. The average molecular weight is 224 g/mol. The molecule has 16 heavy (non-hydrogen) atoms. The van der Waals surface area contributed by atoms with E-state index < -0.39 is 0 Å². The molecule has 0 saturated heterocycles. The maximum absolute atomic E-state index is 9.92. The molecular formula is C13H24N2O. The zero-order chi connectivity index (χ0) is 12.2. The van der Waals surface area contributed by atoms with E-state index >= 15 is 0 Å². The van der Waals surface area contributed by atoms with Gasteiger partial charge in [0.25, 0.3) is 0 Å². The molecule has 1 fully saturated rings. The summed E-state index contributed by atoms with van der Waals surface area (Å²) in [5.74, 6) is 0. The summed E-state index contributed by atoms with van der Waals surface area (Å²) in [5, 5.41) is 18.9. The largest absolute Gasteiger partial charge is 0.391 e. The van der Waals surface area contributed by atoms with Gasteiger partial charge in [0.05, 0.1) is 17.6 Å². The van der Waals surface area contributed by atoms with Crippen LogP contribution in [0.4, 0.5) is 0 Å². The first-order chi connectivity index (χ1) is 7.46. The maximum atomic E-state index is 9.92. The number of nitriles is 1. The van der Waals surface area contributed by atoms with Gasteiger partial charge >= 0.3 is 0 Å². The van der Waals surface area contributed by atoms with Crippen LogP contribution in [0.25, 0.3) is 0 Å². The van der Waals surface area contributed by atoms with Crippen LogP contribution in [0.15, 0.2) is 0 Å². The number of aliphatic hydroxyl groups excluding tert-OH is 1. The molecule has 1 rings (SSSR count). The number of nitrogens with zero attached hydrogens (tertiary/aromatic N) is 2. The Labute approximate surface area is 99.1 Å². The van der Waals surface area contributed by atoms with Crippen molar-refractivity contribution in [2.24, 2.45) is 5.41 Å². The Hall–Kier alpha value is -0.590. The highest BCUT2D eigenvalue weighted by Crippen LogP contribution is 2.24. The number of hydrogen-bond donors (Lipinski definition) is 1. The van der Waals surface area contributed by atoms with Crippen LogP contribution in [0.5, 0.6) is 0 Å². The molecule has 0 heterocycles. The molecule has 0 aromatic rings. The smallest absolute Gasteiger partial charge is 0.0695 e. The molecule has 0 spiro atoms. The summed E-state index contributed by atoms with van der Waals surface area (Å²) in [6.45, 7) is 4.83. The first-order valence-electron chi connectivity index (χ1n) is 6.26. The number of likely N-dealkylation sites (N-methyl/N-ethyl adjacent to an activating group) is 1. The molecule has 0 amide bonds. The second-order valence-corrected chi connectivity index (χ2v) is 5.65. The average Bonchev–Trinajstić information content (AvgIpc) is 2.27. The van der Waals surface area contributed by atoms with Crippen molar-refractivity contribution in [1.82, 2.24) is 4.90 Å². The molecule has 1 aliphatic rings. The second-order valence-electron chi connectivity index (χ2n) is 5.65. The molecule has 2 atom stereocenters. The van der Waals surface area contributed by atoms with Crippen LogP contribution in [0.2, 0.25) is 0 Å². The van der Waals surface area contributed by atoms with Gasteiger partial charge in [-0.1, -0.05) is 12.8 Å². The summed E-state index contributed by atoms with van der Waals surface area (Å²) < 4.78 is 0. The van der Waals surface area contributed by atoms with E-state index in [4.69, 9.17) is 5.26 Å². The lowest BCUT2D eigenvalue weighted by Crippen LogP contribution is -2.44. The number of hydrogen-bond acceptors (Lipinski definition) is 3. The molecule has 2 unspecified atom stereocenters. The Morgan fingerprint density at radius 2 is 2.00 bits per heavy atom. The maximum Gasteiger partial charge on any atom is 0.0695 e. The lowest BCUT2D eigenvalue weighted by atomic mass is 9.89. The Bertz CT molecular complexity index is 257. The van der Waals surface area contributed by atoms with E-state index in [0.29, 0.717) is 6.04 Å². The predicted octanol–water partition coefficient (Wildman–Crippen LogP) is 2.16. The van der Waals surface area contributed by atoms with Crippen LogP contribution in [0.1, 0.15) is 46.0 Å². The first-order valence-corrected chi connectivity index (χ1v) is 6.26. The van der Waals surface area contributed by atoms with E-state index in [1.54, 1.807) is 0 Å². The standard InChI is InChI=1S/C13H24N2O/c1-13(2,10-14)8-9-15(3)11-6-4-5-7-12(11)16/h11-12,16H,4-9H2,1-3H3. The Balaban J connectivity index is 2.40. The van der Waals surface area contributed by atoms with Crippen LogP contribution in [-0.4, -0.2) is 35.7 Å². The van der Waals surface area contributed by atoms with Gasteiger partial charge in [0, 0.05) is 6.04 Å². The van der Waals surface area contributed by atoms with Crippen molar-refractivity contribution in [2.75, 3.05) is 13.6 Å². The third kappa shape index (κ3) is 3.77. The molecule has 3 heteroatoms. The van der Waals surface area contributed by atoms with Crippen molar-refractivity contribution in [3.63, 3.8) is 0 Å². The van der Waals surface area contributed by atoms with Crippen LogP contribution in [0, 0.1) is 16.7 Å². The molecule has 1 aliphatic carbocycles. The van der Waals surface area contributed by atoms with Crippen molar-refractivity contribution in [3.8, 4) is 6.07 Å². The second kappa shape index (κ2) is 5.65. The van der Waals surface area contributed by atoms with Gasteiger partial charge in [0.15, 0.2) is 0 Å². The van der Waals surface area contributed by atoms with Gasteiger partial charge in [-0.3, -0.25) is 0 Å². The lowest BCUT2D eigenvalue weighted by molar-refractivity contribution is 0.0292. The summed E-state index contributed by atoms with van der Waals surface area (Å²) in [5.41, 5.74) is -0.256. The zero-order valence-corrected chi connectivity index (χ0v) is 10.7. The van der Waals surface area contributed by atoms with Gasteiger partial charge in [-0.25, -0.2) is 0 Å². The van der Waals surface area contributed by atoms with Gasteiger partial charge < -0.3 is 10.0 Å². The van der Waals surface area contributed by atoms with Crippen LogP contribution >= 0.6 is 0 Å². The van der Waals surface area contributed by atoms with Crippen molar-refractivity contribution >= 4 is 0 Å². The van der Waals surface area contributed by atoms with Crippen molar-refractivity contribution in [2.45, 2.75) is 58.1 Å². The molecule has 0 bridgehead atoms. The van der Waals surface area contributed by atoms with E-state index in [9.17, 15) is 5.11 Å². The predicted molar refractivity (Wildman–Crippen MR) is 64.9 cm³/mol. The van der Waals surface area contributed by atoms with Crippen molar-refractivity contribution in [3.05, 3.63) is 0 Å². The first kappa shape index (κ1) is 13.5. The van der Waals surface area contributed by atoms with E-state index in [1.165, 1.54) is 6.42 Å². The molecule has 0 radical (unpaired) electrons. The van der Waals surface area contributed by atoms with E-state index in [-0.39, 0.29) is 11.5 Å². The minimum atomic E-state index is -0.256. The zero-order valence-electron chi connectivity index (χ0n) is 10.7. The molecular weight excluding hydrogens is 200 g/mol. The summed E-state index contributed by atoms with van der Waals surface area (Å²) in [4.78, 5) is 2.23. The van der Waals surface area contributed by atoms with E-state index in [1.807, 2.05) is 13.8 Å². The van der Waals surface area contributed by atoms with Crippen LogP contribution in [0.3, 0.4) is 0 Å². The summed E-state index contributed by atoms with van der Waals surface area (Å²) in [7, 11) is 2.06. The van der Waals surface area contributed by atoms with Gasteiger partial charge in [-0.15, -0.1) is 0 Å². The van der Waals surface area contributed by atoms with Crippen LogP contribution < -0.4 is 0 Å². The van der Waals surface area contributed by atoms with Gasteiger partial charge in [-0.2, -0.15) is 5.26 Å². The quantitative estimate of drug-likeness (QED) is 0.796.